The van der Waals surface area contributed by atoms with Crippen molar-refractivity contribution in [3.05, 3.63) is 89.6 Å². The number of thiazole rings is 2. The lowest BCUT2D eigenvalue weighted by atomic mass is 10.1. The Morgan fingerprint density at radius 2 is 1.60 bits per heavy atom. The number of para-hydroxylation sites is 1. The molecule has 1 N–H and O–H groups in total. The molecule has 4 nitrogen and oxygen atoms in total. The van der Waals surface area contributed by atoms with Crippen LogP contribution in [0, 0.1) is 6.92 Å². The molecule has 30 heavy (non-hydrogen) atoms. The largest absolute Gasteiger partial charge is 0.321 e. The van der Waals surface area contributed by atoms with Gasteiger partial charge in [-0.05, 0) is 36.8 Å². The van der Waals surface area contributed by atoms with E-state index >= 15 is 0 Å². The molecule has 6 heteroatoms. The molecular weight excluding hydrogens is 410 g/mol. The van der Waals surface area contributed by atoms with Gasteiger partial charge in [0.15, 0.2) is 0 Å². The molecule has 3 aromatic carbocycles. The minimum atomic E-state index is -0.209. The van der Waals surface area contributed by atoms with Crippen LogP contribution in [0.15, 0.2) is 78.9 Å². The van der Waals surface area contributed by atoms with Gasteiger partial charge in [0.2, 0.25) is 0 Å². The molecule has 0 fully saturated rings. The lowest BCUT2D eigenvalue weighted by Gasteiger charge is -2.07. The molecule has 0 spiro atoms. The van der Waals surface area contributed by atoms with E-state index in [9.17, 15) is 4.79 Å². The molecule has 0 unspecified atom stereocenters. The van der Waals surface area contributed by atoms with E-state index in [1.807, 2.05) is 79.7 Å². The summed E-state index contributed by atoms with van der Waals surface area (Å²) in [7, 11) is 0. The Labute approximate surface area is 181 Å². The number of aromatic nitrogens is 2. The number of hydrogen-bond donors (Lipinski definition) is 1. The van der Waals surface area contributed by atoms with E-state index in [2.05, 4.69) is 16.4 Å². The minimum absolute atomic E-state index is 0.209. The van der Waals surface area contributed by atoms with Gasteiger partial charge in [-0.15, -0.1) is 22.7 Å². The molecule has 5 aromatic rings. The van der Waals surface area contributed by atoms with Crippen molar-refractivity contribution in [2.24, 2.45) is 0 Å². The Morgan fingerprint density at radius 1 is 0.833 bits per heavy atom. The average molecular weight is 428 g/mol. The van der Waals surface area contributed by atoms with Crippen LogP contribution < -0.4 is 5.32 Å². The van der Waals surface area contributed by atoms with Crippen molar-refractivity contribution < 1.29 is 4.79 Å². The molecule has 0 saturated heterocycles. The molecule has 146 valence electrons. The molecule has 0 bridgehead atoms. The predicted molar refractivity (Wildman–Crippen MR) is 125 cm³/mol. The van der Waals surface area contributed by atoms with Gasteiger partial charge in [0.05, 0.1) is 20.1 Å². The Hall–Kier alpha value is -3.35. The SMILES string of the molecule is Cc1nc(C(=O)Nc2cccc(-c3nc4ccccc4s3)c2)c(-c2ccccc2)s1. The second kappa shape index (κ2) is 7.82. The molecule has 0 aliphatic rings. The first-order valence-corrected chi connectivity index (χ1v) is 11.1. The van der Waals surface area contributed by atoms with E-state index in [1.54, 1.807) is 11.3 Å². The summed E-state index contributed by atoms with van der Waals surface area (Å²) in [5.41, 5.74) is 4.14. The fraction of sp³-hybridized carbons (Fsp3) is 0.0417. The second-order valence-electron chi connectivity index (χ2n) is 6.80. The number of nitrogens with zero attached hydrogens (tertiary/aromatic N) is 2. The average Bonchev–Trinajstić information content (AvgIpc) is 3.38. The topological polar surface area (TPSA) is 54.9 Å². The first-order chi connectivity index (χ1) is 14.7. The first kappa shape index (κ1) is 18.7. The maximum Gasteiger partial charge on any atom is 0.275 e. The van der Waals surface area contributed by atoms with E-state index in [-0.39, 0.29) is 5.91 Å². The Morgan fingerprint density at radius 3 is 2.43 bits per heavy atom. The zero-order chi connectivity index (χ0) is 20.5. The molecule has 0 atom stereocenters. The lowest BCUT2D eigenvalue weighted by molar-refractivity contribution is 0.102. The van der Waals surface area contributed by atoms with Crippen molar-refractivity contribution in [3.8, 4) is 21.0 Å². The van der Waals surface area contributed by atoms with Gasteiger partial charge in [-0.3, -0.25) is 4.79 Å². The third-order valence-corrected chi connectivity index (χ3v) is 6.75. The minimum Gasteiger partial charge on any atom is -0.321 e. The van der Waals surface area contributed by atoms with Crippen molar-refractivity contribution in [2.75, 3.05) is 5.32 Å². The van der Waals surface area contributed by atoms with Gasteiger partial charge in [-0.1, -0.05) is 54.6 Å². The number of rotatable bonds is 4. The standard InChI is InChI=1S/C24H17N3OS2/c1-15-25-21(22(29-15)16-8-3-2-4-9-16)23(28)26-18-11-7-10-17(14-18)24-27-19-12-5-6-13-20(19)30-24/h2-14H,1H3,(H,26,28). The molecule has 1 amide bonds. The van der Waals surface area contributed by atoms with E-state index in [4.69, 9.17) is 4.98 Å². The highest BCUT2D eigenvalue weighted by Gasteiger charge is 2.18. The van der Waals surface area contributed by atoms with Crippen LogP contribution in [-0.4, -0.2) is 15.9 Å². The number of fused-ring (bicyclic) bond motifs is 1. The van der Waals surface area contributed by atoms with Crippen LogP contribution in [0.25, 0.3) is 31.2 Å². The highest BCUT2D eigenvalue weighted by molar-refractivity contribution is 7.21. The number of amides is 1. The maximum atomic E-state index is 13.0. The molecule has 0 aliphatic carbocycles. The highest BCUT2D eigenvalue weighted by Crippen LogP contribution is 2.33. The Bertz CT molecular complexity index is 1320. The maximum absolute atomic E-state index is 13.0. The number of hydrogen-bond acceptors (Lipinski definition) is 5. The molecule has 2 heterocycles. The van der Waals surface area contributed by atoms with E-state index < -0.39 is 0 Å². The van der Waals surface area contributed by atoms with Crippen LogP contribution >= 0.6 is 22.7 Å². The molecule has 5 rings (SSSR count). The molecule has 0 saturated carbocycles. The van der Waals surface area contributed by atoms with Crippen LogP contribution in [0.1, 0.15) is 15.5 Å². The summed E-state index contributed by atoms with van der Waals surface area (Å²) >= 11 is 3.17. The fourth-order valence-electron chi connectivity index (χ4n) is 3.28. The number of carbonyl (C=O) groups is 1. The van der Waals surface area contributed by atoms with Crippen LogP contribution in [0.2, 0.25) is 0 Å². The summed E-state index contributed by atoms with van der Waals surface area (Å²) < 4.78 is 1.15. The quantitative estimate of drug-likeness (QED) is 0.349. The van der Waals surface area contributed by atoms with Crippen molar-refractivity contribution in [1.82, 2.24) is 9.97 Å². The third-order valence-electron chi connectivity index (χ3n) is 4.65. The van der Waals surface area contributed by atoms with E-state index in [0.29, 0.717) is 5.69 Å². The summed E-state index contributed by atoms with van der Waals surface area (Å²) in [5, 5.41) is 4.80. The first-order valence-electron chi connectivity index (χ1n) is 9.47. The summed E-state index contributed by atoms with van der Waals surface area (Å²) in [6.07, 6.45) is 0. The van der Waals surface area contributed by atoms with Gasteiger partial charge in [0, 0.05) is 11.3 Å². The molecule has 0 radical (unpaired) electrons. The monoisotopic (exact) mass is 427 g/mol. The summed E-state index contributed by atoms with van der Waals surface area (Å²) in [6.45, 7) is 1.92. The fourth-order valence-corrected chi connectivity index (χ4v) is 5.17. The Kier molecular flexibility index (Phi) is 4.86. The van der Waals surface area contributed by atoms with Gasteiger partial charge in [0.25, 0.3) is 5.91 Å². The number of anilines is 1. The highest BCUT2D eigenvalue weighted by atomic mass is 32.1. The van der Waals surface area contributed by atoms with Gasteiger partial charge < -0.3 is 5.32 Å². The summed E-state index contributed by atoms with van der Waals surface area (Å²) in [6, 6.07) is 25.8. The van der Waals surface area contributed by atoms with Crippen molar-refractivity contribution in [2.45, 2.75) is 6.92 Å². The third kappa shape index (κ3) is 3.63. The van der Waals surface area contributed by atoms with Crippen LogP contribution in [0.3, 0.4) is 0 Å². The van der Waals surface area contributed by atoms with Crippen molar-refractivity contribution >= 4 is 44.5 Å². The van der Waals surface area contributed by atoms with Crippen molar-refractivity contribution in [3.63, 3.8) is 0 Å². The number of nitrogens with one attached hydrogen (secondary N) is 1. The van der Waals surface area contributed by atoms with Crippen LogP contribution in [-0.2, 0) is 0 Å². The molecular formula is C24H17N3OS2. The normalized spacial score (nSPS) is 11.0. The van der Waals surface area contributed by atoms with E-state index in [0.717, 1.165) is 41.9 Å². The summed E-state index contributed by atoms with van der Waals surface area (Å²) in [5.74, 6) is -0.209. The van der Waals surface area contributed by atoms with Crippen LogP contribution in [0.5, 0.6) is 0 Å². The predicted octanol–water partition coefficient (Wildman–Crippen LogP) is 6.65. The summed E-state index contributed by atoms with van der Waals surface area (Å²) in [4.78, 5) is 23.1. The molecule has 0 aliphatic heterocycles. The lowest BCUT2D eigenvalue weighted by Crippen LogP contribution is -2.13. The number of aryl methyl sites for hydroxylation is 1. The zero-order valence-electron chi connectivity index (χ0n) is 16.1. The van der Waals surface area contributed by atoms with E-state index in [1.165, 1.54) is 11.3 Å². The Balaban J connectivity index is 1.44. The zero-order valence-corrected chi connectivity index (χ0v) is 17.8. The van der Waals surface area contributed by atoms with Gasteiger partial charge in [-0.2, -0.15) is 0 Å². The van der Waals surface area contributed by atoms with Gasteiger partial charge in [-0.25, -0.2) is 9.97 Å². The van der Waals surface area contributed by atoms with Crippen molar-refractivity contribution in [1.29, 1.82) is 0 Å². The van der Waals surface area contributed by atoms with Gasteiger partial charge >= 0.3 is 0 Å². The van der Waals surface area contributed by atoms with Gasteiger partial charge in [0.1, 0.15) is 10.7 Å². The number of benzene rings is 3. The van der Waals surface area contributed by atoms with Crippen LogP contribution in [0.4, 0.5) is 5.69 Å². The second-order valence-corrected chi connectivity index (χ2v) is 9.03. The smallest absolute Gasteiger partial charge is 0.275 e. The molecule has 2 aromatic heterocycles. The number of carbonyl (C=O) groups excluding carboxylic acids is 1.